The van der Waals surface area contributed by atoms with Crippen LogP contribution in [0.5, 0.6) is 0 Å². The van der Waals surface area contributed by atoms with Crippen LogP contribution in [0.3, 0.4) is 0 Å². The first-order valence-corrected chi connectivity index (χ1v) is 7.97. The minimum atomic E-state index is -0.809. The molecule has 2 aromatic rings. The van der Waals surface area contributed by atoms with Gasteiger partial charge in [0.2, 0.25) is 0 Å². The highest BCUT2D eigenvalue weighted by Gasteiger charge is 2.45. The van der Waals surface area contributed by atoms with Crippen molar-refractivity contribution >= 4 is 29.1 Å². The number of hydrogen-bond acceptors (Lipinski definition) is 5. The van der Waals surface area contributed by atoms with Crippen molar-refractivity contribution in [2.75, 3.05) is 13.2 Å². The zero-order valence-electron chi connectivity index (χ0n) is 13.1. The van der Waals surface area contributed by atoms with Gasteiger partial charge in [-0.2, -0.15) is 0 Å². The Morgan fingerprint density at radius 3 is 2.52 bits per heavy atom. The van der Waals surface area contributed by atoms with E-state index in [0.717, 1.165) is 0 Å². The number of rotatable bonds is 4. The normalized spacial score (nSPS) is 19.4. The van der Waals surface area contributed by atoms with Gasteiger partial charge in [-0.15, -0.1) is 0 Å². The summed E-state index contributed by atoms with van der Waals surface area (Å²) in [4.78, 5) is 30.1. The largest absolute Gasteiger partial charge is 0.507 e. The number of nitrogens with zero attached hydrogens (tertiary/aromatic N) is 2. The number of likely N-dealkylation sites (tertiary alicyclic amines) is 1. The summed E-state index contributed by atoms with van der Waals surface area (Å²) in [5.41, 5.74) is 0.916. The molecule has 2 heterocycles. The summed E-state index contributed by atoms with van der Waals surface area (Å²) in [5.74, 6) is -1.85. The van der Waals surface area contributed by atoms with E-state index in [9.17, 15) is 19.8 Å². The average molecular weight is 359 g/mol. The monoisotopic (exact) mass is 358 g/mol. The Labute approximate surface area is 149 Å². The van der Waals surface area contributed by atoms with Gasteiger partial charge in [0.25, 0.3) is 11.7 Å². The van der Waals surface area contributed by atoms with Crippen molar-refractivity contribution in [3.63, 3.8) is 0 Å². The second kappa shape index (κ2) is 7.04. The van der Waals surface area contributed by atoms with Gasteiger partial charge in [0, 0.05) is 29.5 Å². The molecule has 0 saturated carbocycles. The van der Waals surface area contributed by atoms with Crippen LogP contribution in [0.2, 0.25) is 5.02 Å². The van der Waals surface area contributed by atoms with Crippen molar-refractivity contribution < 1.29 is 19.8 Å². The molecule has 1 aromatic carbocycles. The molecule has 1 aliphatic heterocycles. The minimum absolute atomic E-state index is 0.0263. The summed E-state index contributed by atoms with van der Waals surface area (Å²) in [5, 5.41) is 20.4. The number of carbonyl (C=O) groups excluding carboxylic acids is 2. The number of aliphatic hydroxyl groups is 2. The van der Waals surface area contributed by atoms with Gasteiger partial charge in [0.1, 0.15) is 5.76 Å². The molecular formula is C18H15ClN2O4. The maximum atomic E-state index is 12.5. The minimum Gasteiger partial charge on any atom is -0.507 e. The number of hydrogen-bond donors (Lipinski definition) is 2. The number of aliphatic hydroxyl groups excluding tert-OH is 2. The fraction of sp³-hybridized carbons (Fsp3) is 0.167. The van der Waals surface area contributed by atoms with E-state index in [1.165, 1.54) is 11.1 Å². The molecule has 0 spiro atoms. The van der Waals surface area contributed by atoms with Crippen LogP contribution in [0, 0.1) is 0 Å². The predicted octanol–water partition coefficient (Wildman–Crippen LogP) is 2.15. The molecule has 0 radical (unpaired) electrons. The molecule has 1 saturated heterocycles. The van der Waals surface area contributed by atoms with Crippen molar-refractivity contribution in [3.05, 3.63) is 70.5 Å². The Morgan fingerprint density at radius 1 is 1.20 bits per heavy atom. The molecule has 0 unspecified atom stereocenters. The molecule has 1 aromatic heterocycles. The highest BCUT2D eigenvalue weighted by Crippen LogP contribution is 2.38. The highest BCUT2D eigenvalue weighted by atomic mass is 35.5. The molecule has 1 amide bonds. The van der Waals surface area contributed by atoms with E-state index in [2.05, 4.69) is 4.98 Å². The third-order valence-electron chi connectivity index (χ3n) is 4.00. The molecule has 25 heavy (non-hydrogen) atoms. The van der Waals surface area contributed by atoms with Gasteiger partial charge in [-0.3, -0.25) is 14.6 Å². The van der Waals surface area contributed by atoms with Crippen molar-refractivity contribution in [2.24, 2.45) is 0 Å². The smallest absolute Gasteiger partial charge is 0.295 e. The summed E-state index contributed by atoms with van der Waals surface area (Å²) in [6.07, 6.45) is 3.09. The van der Waals surface area contributed by atoms with Gasteiger partial charge in [-0.1, -0.05) is 17.7 Å². The van der Waals surface area contributed by atoms with Crippen molar-refractivity contribution in [1.82, 2.24) is 9.88 Å². The second-order valence-corrected chi connectivity index (χ2v) is 5.95. The van der Waals surface area contributed by atoms with E-state index in [1.54, 1.807) is 42.6 Å². The molecule has 1 aliphatic rings. The third-order valence-corrected chi connectivity index (χ3v) is 4.25. The van der Waals surface area contributed by atoms with Gasteiger partial charge in [-0.25, -0.2) is 0 Å². The molecule has 0 bridgehead atoms. The Balaban J connectivity index is 2.17. The summed E-state index contributed by atoms with van der Waals surface area (Å²) < 4.78 is 0. The zero-order chi connectivity index (χ0) is 18.0. The lowest BCUT2D eigenvalue weighted by atomic mass is 9.96. The number of ketones is 1. The Bertz CT molecular complexity index is 834. The summed E-state index contributed by atoms with van der Waals surface area (Å²) in [6, 6.07) is 8.88. The van der Waals surface area contributed by atoms with E-state index < -0.39 is 17.7 Å². The summed E-state index contributed by atoms with van der Waals surface area (Å²) in [6.45, 7) is -0.327. The van der Waals surface area contributed by atoms with Gasteiger partial charge in [0.05, 0.1) is 18.2 Å². The van der Waals surface area contributed by atoms with Crippen LogP contribution in [-0.2, 0) is 9.59 Å². The van der Waals surface area contributed by atoms with E-state index >= 15 is 0 Å². The fourth-order valence-corrected chi connectivity index (χ4v) is 2.99. The maximum Gasteiger partial charge on any atom is 0.295 e. The number of Topliss-reactive ketones (excluding diaryl/α,β-unsaturated/α-hetero) is 1. The van der Waals surface area contributed by atoms with E-state index in [-0.39, 0.29) is 24.5 Å². The number of carbonyl (C=O) groups is 2. The van der Waals surface area contributed by atoms with Crippen LogP contribution in [0.1, 0.15) is 17.2 Å². The number of benzene rings is 1. The number of pyridine rings is 1. The average Bonchev–Trinajstić information content (AvgIpc) is 2.88. The Morgan fingerprint density at radius 2 is 1.92 bits per heavy atom. The van der Waals surface area contributed by atoms with Crippen LogP contribution in [0.25, 0.3) is 5.76 Å². The first-order chi connectivity index (χ1) is 12.0. The van der Waals surface area contributed by atoms with E-state index in [1.807, 2.05) is 0 Å². The lowest BCUT2D eigenvalue weighted by Crippen LogP contribution is -2.32. The number of aromatic nitrogens is 1. The van der Waals surface area contributed by atoms with Crippen molar-refractivity contribution in [1.29, 1.82) is 0 Å². The zero-order valence-corrected chi connectivity index (χ0v) is 13.8. The first kappa shape index (κ1) is 17.1. The molecule has 1 fully saturated rings. The van der Waals surface area contributed by atoms with Gasteiger partial charge >= 0.3 is 0 Å². The van der Waals surface area contributed by atoms with Crippen molar-refractivity contribution in [2.45, 2.75) is 6.04 Å². The second-order valence-electron chi connectivity index (χ2n) is 5.51. The topological polar surface area (TPSA) is 90.7 Å². The van der Waals surface area contributed by atoms with Crippen LogP contribution < -0.4 is 0 Å². The quantitative estimate of drug-likeness (QED) is 0.496. The molecule has 0 aliphatic carbocycles. The lowest BCUT2D eigenvalue weighted by molar-refractivity contribution is -0.140. The number of halogens is 1. The third kappa shape index (κ3) is 3.14. The molecular weight excluding hydrogens is 344 g/mol. The SMILES string of the molecule is O=C1C(=O)N(CCO)[C@H](c2cccnc2)/C1=C(\O)c1ccc(Cl)cc1. The Kier molecular flexibility index (Phi) is 4.83. The van der Waals surface area contributed by atoms with Gasteiger partial charge in [-0.05, 0) is 35.9 Å². The number of β-amino-alcohol motifs (C(OH)–C–C–N with tert-alkyl or cyclic N) is 1. The molecule has 3 rings (SSSR count). The molecule has 7 heteroatoms. The van der Waals surface area contributed by atoms with Crippen LogP contribution in [-0.4, -0.2) is 44.9 Å². The molecule has 1 atom stereocenters. The lowest BCUT2D eigenvalue weighted by Gasteiger charge is -2.24. The highest BCUT2D eigenvalue weighted by molar-refractivity contribution is 6.46. The van der Waals surface area contributed by atoms with Crippen LogP contribution >= 0.6 is 11.6 Å². The van der Waals surface area contributed by atoms with Gasteiger partial charge < -0.3 is 15.1 Å². The summed E-state index contributed by atoms with van der Waals surface area (Å²) in [7, 11) is 0. The number of amides is 1. The summed E-state index contributed by atoms with van der Waals surface area (Å²) >= 11 is 5.85. The fourth-order valence-electron chi connectivity index (χ4n) is 2.87. The molecule has 6 nitrogen and oxygen atoms in total. The standard InChI is InChI=1S/C18H15ClN2O4/c19-13-5-3-11(4-6-13)16(23)14-15(12-2-1-7-20-10-12)21(8-9-22)18(25)17(14)24/h1-7,10,15,22-23H,8-9H2/b16-14+/t15-/m1/s1. The van der Waals surface area contributed by atoms with Crippen LogP contribution in [0.4, 0.5) is 0 Å². The van der Waals surface area contributed by atoms with Crippen LogP contribution in [0.15, 0.2) is 54.4 Å². The predicted molar refractivity (Wildman–Crippen MR) is 91.8 cm³/mol. The van der Waals surface area contributed by atoms with E-state index in [0.29, 0.717) is 16.1 Å². The Hall–Kier alpha value is -2.70. The molecule has 2 N–H and O–H groups in total. The molecule has 128 valence electrons. The van der Waals surface area contributed by atoms with Gasteiger partial charge in [0.15, 0.2) is 0 Å². The van der Waals surface area contributed by atoms with Crippen molar-refractivity contribution in [3.8, 4) is 0 Å². The van der Waals surface area contributed by atoms with E-state index in [4.69, 9.17) is 11.6 Å². The first-order valence-electron chi connectivity index (χ1n) is 7.59. The maximum absolute atomic E-state index is 12.5.